The number of nitrogens with zero attached hydrogens (tertiary/aromatic N) is 6. The number of nitrogens with one attached hydrogen (secondary N) is 2. The Morgan fingerprint density at radius 2 is 1.41 bits per heavy atom. The number of benzene rings is 1. The average molecular weight is 637 g/mol. The predicted octanol–water partition coefficient (Wildman–Crippen LogP) is 4.47. The Bertz CT molecular complexity index is 1580. The quantitative estimate of drug-likeness (QED) is 0.138. The first-order valence-corrected chi connectivity index (χ1v) is 15.1. The highest BCUT2D eigenvalue weighted by molar-refractivity contribution is 5.85. The van der Waals surface area contributed by atoms with Crippen LogP contribution in [0.4, 0.5) is 11.9 Å². The van der Waals surface area contributed by atoms with Gasteiger partial charge in [-0.25, -0.2) is 24.7 Å². The Balaban J connectivity index is 0.000000322. The number of carbonyl (C=O) groups is 1. The van der Waals surface area contributed by atoms with Crippen molar-refractivity contribution in [3.05, 3.63) is 52.5 Å². The van der Waals surface area contributed by atoms with Crippen LogP contribution in [0.2, 0.25) is 0 Å². The minimum atomic E-state index is -1.03. The summed E-state index contributed by atoms with van der Waals surface area (Å²) in [7, 11) is 0. The van der Waals surface area contributed by atoms with Crippen molar-refractivity contribution in [1.29, 1.82) is 0 Å². The van der Waals surface area contributed by atoms with Gasteiger partial charge in [-0.3, -0.25) is 0 Å². The van der Waals surface area contributed by atoms with Crippen molar-refractivity contribution in [2.24, 2.45) is 11.8 Å². The van der Waals surface area contributed by atoms with Gasteiger partial charge in [0.25, 0.3) is 5.89 Å². The van der Waals surface area contributed by atoms with Crippen LogP contribution in [0, 0.1) is 39.5 Å². The molecule has 0 aliphatic carbocycles. The number of hydrogen-bond acceptors (Lipinski definition) is 13. The predicted molar refractivity (Wildman–Crippen MR) is 174 cm³/mol. The number of rotatable bonds is 13. The van der Waals surface area contributed by atoms with Crippen LogP contribution >= 0.6 is 0 Å². The number of carboxylic acids is 1. The molecule has 3 aromatic heterocycles. The van der Waals surface area contributed by atoms with Gasteiger partial charge in [-0.2, -0.15) is 4.98 Å². The molecule has 5 N–H and O–H groups in total. The highest BCUT2D eigenvalue weighted by Crippen LogP contribution is 2.30. The van der Waals surface area contributed by atoms with E-state index < -0.39 is 12.1 Å². The van der Waals surface area contributed by atoms with Gasteiger partial charge < -0.3 is 35.2 Å². The number of aromatic carboxylic acids is 1. The Morgan fingerprint density at radius 3 is 1.96 bits per heavy atom. The minimum absolute atomic E-state index is 0.0180. The largest absolute Gasteiger partial charge is 0.490 e. The van der Waals surface area contributed by atoms with E-state index in [1.807, 2.05) is 32.9 Å². The molecule has 1 atom stereocenters. The number of anilines is 2. The lowest BCUT2D eigenvalue weighted by Gasteiger charge is -2.15. The second-order valence-corrected chi connectivity index (χ2v) is 11.8. The van der Waals surface area contributed by atoms with Gasteiger partial charge in [0, 0.05) is 30.0 Å². The van der Waals surface area contributed by atoms with Crippen molar-refractivity contribution in [3.63, 3.8) is 0 Å². The number of aliphatic hydroxyl groups is 2. The number of carboxylic acid groups (broad SMARTS) is 1. The van der Waals surface area contributed by atoms with Crippen molar-refractivity contribution >= 4 is 17.9 Å². The first-order chi connectivity index (χ1) is 21.7. The van der Waals surface area contributed by atoms with E-state index in [9.17, 15) is 9.90 Å². The summed E-state index contributed by atoms with van der Waals surface area (Å²) in [5, 5.41) is 37.6. The second kappa shape index (κ2) is 16.6. The summed E-state index contributed by atoms with van der Waals surface area (Å²) in [6.45, 7) is 16.9. The van der Waals surface area contributed by atoms with Crippen LogP contribution in [0.25, 0.3) is 23.0 Å². The van der Waals surface area contributed by atoms with E-state index in [-0.39, 0.29) is 18.9 Å². The van der Waals surface area contributed by atoms with E-state index in [0.717, 1.165) is 35.5 Å². The van der Waals surface area contributed by atoms with Crippen molar-refractivity contribution in [1.82, 2.24) is 30.1 Å². The van der Waals surface area contributed by atoms with Crippen LogP contribution in [0.5, 0.6) is 5.75 Å². The zero-order chi connectivity index (χ0) is 34.0. The Kier molecular flexibility index (Phi) is 12.9. The molecule has 14 heteroatoms. The van der Waals surface area contributed by atoms with E-state index in [1.54, 1.807) is 13.0 Å². The maximum atomic E-state index is 10.7. The molecule has 4 rings (SSSR count). The molecule has 1 aromatic carbocycles. The Hall–Kier alpha value is -4.69. The molecule has 0 saturated heterocycles. The van der Waals surface area contributed by atoms with Gasteiger partial charge in [-0.05, 0) is 74.9 Å². The molecule has 0 fully saturated rings. The van der Waals surface area contributed by atoms with Crippen LogP contribution in [0.3, 0.4) is 0 Å². The third-order valence-electron chi connectivity index (χ3n) is 6.26. The lowest BCUT2D eigenvalue weighted by molar-refractivity contribution is 0.0532. The number of aryl methyl sites for hydroxylation is 4. The third kappa shape index (κ3) is 10.7. The molecule has 0 bridgehead atoms. The van der Waals surface area contributed by atoms with Gasteiger partial charge in [0.15, 0.2) is 5.69 Å². The fourth-order valence-electron chi connectivity index (χ4n) is 4.09. The number of hydrogen-bond donors (Lipinski definition) is 5. The monoisotopic (exact) mass is 636 g/mol. The molecule has 0 radical (unpaired) electrons. The van der Waals surface area contributed by atoms with E-state index in [2.05, 4.69) is 68.4 Å². The van der Waals surface area contributed by atoms with Gasteiger partial charge in [0.2, 0.25) is 17.7 Å². The van der Waals surface area contributed by atoms with Crippen molar-refractivity contribution < 1.29 is 29.4 Å². The molecular formula is C32H44N8O6. The summed E-state index contributed by atoms with van der Waals surface area (Å²) < 4.78 is 11.1. The molecule has 46 heavy (non-hydrogen) atoms. The molecule has 4 aromatic rings. The first-order valence-electron chi connectivity index (χ1n) is 15.1. The summed E-state index contributed by atoms with van der Waals surface area (Å²) in [5.74, 6) is 2.21. The molecule has 0 aliphatic rings. The third-order valence-corrected chi connectivity index (χ3v) is 6.26. The van der Waals surface area contributed by atoms with E-state index >= 15 is 0 Å². The number of aromatic nitrogens is 6. The summed E-state index contributed by atoms with van der Waals surface area (Å²) >= 11 is 0. The lowest BCUT2D eigenvalue weighted by Crippen LogP contribution is -2.21. The molecule has 248 valence electrons. The van der Waals surface area contributed by atoms with E-state index in [4.69, 9.17) is 19.5 Å². The Labute approximate surface area is 268 Å². The lowest BCUT2D eigenvalue weighted by atomic mass is 10.1. The molecule has 14 nitrogen and oxygen atoms in total. The summed E-state index contributed by atoms with van der Waals surface area (Å²) in [6, 6.07) is 7.03. The van der Waals surface area contributed by atoms with E-state index in [0.29, 0.717) is 52.6 Å². The minimum Gasteiger partial charge on any atom is -0.490 e. The zero-order valence-electron chi connectivity index (χ0n) is 27.6. The van der Waals surface area contributed by atoms with Gasteiger partial charge >= 0.3 is 5.97 Å². The highest BCUT2D eigenvalue weighted by atomic mass is 16.5. The number of aliphatic hydroxyl groups excluding tert-OH is 2. The van der Waals surface area contributed by atoms with Crippen molar-refractivity contribution in [2.75, 3.05) is 36.9 Å². The maximum Gasteiger partial charge on any atom is 0.354 e. The molecular weight excluding hydrogens is 592 g/mol. The van der Waals surface area contributed by atoms with Crippen LogP contribution in [-0.2, 0) is 0 Å². The normalized spacial score (nSPS) is 11.7. The SMILES string of the molecule is Cc1cc(-c2nc(-c3cc(C)c(OCC(O)CO)c(C)c3)no2)nc(NCC(C)C)n1.Cc1cc(C(=O)O)nc(NCC(C)C)n1. The topological polar surface area (TPSA) is 202 Å². The van der Waals surface area contributed by atoms with Gasteiger partial charge in [-0.15, -0.1) is 0 Å². The fourth-order valence-corrected chi connectivity index (χ4v) is 4.09. The molecule has 0 saturated carbocycles. The Morgan fingerprint density at radius 1 is 0.848 bits per heavy atom. The highest BCUT2D eigenvalue weighted by Gasteiger charge is 2.17. The van der Waals surface area contributed by atoms with Crippen LogP contribution in [0.1, 0.15) is 60.7 Å². The van der Waals surface area contributed by atoms with Crippen molar-refractivity contribution in [3.8, 4) is 28.7 Å². The van der Waals surface area contributed by atoms with Crippen LogP contribution < -0.4 is 15.4 Å². The summed E-state index contributed by atoms with van der Waals surface area (Å²) in [6.07, 6.45) is -0.922. The molecule has 0 aliphatic heterocycles. The maximum absolute atomic E-state index is 10.7. The molecule has 0 spiro atoms. The standard InChI is InChI=1S/C22H29N5O4.C10H15N3O2/c1-12(2)9-23-22-24-15(5)8-18(25-22)21-26-20(27-31-21)16-6-13(3)19(14(4)7-16)30-11-17(29)10-28;1-6(2)5-11-10-12-7(3)4-8(13-10)9(14)15/h6-8,12,17,28-29H,9-11H2,1-5H3,(H,23,24,25);4,6H,5H2,1-3H3,(H,14,15)(H,11,12,13). The van der Waals surface area contributed by atoms with E-state index in [1.165, 1.54) is 6.07 Å². The number of ether oxygens (including phenoxy) is 1. The smallest absolute Gasteiger partial charge is 0.354 e. The average Bonchev–Trinajstić information content (AvgIpc) is 3.49. The van der Waals surface area contributed by atoms with Crippen LogP contribution in [0.15, 0.2) is 28.8 Å². The molecule has 0 amide bonds. The van der Waals surface area contributed by atoms with Gasteiger partial charge in [0.05, 0.1) is 6.61 Å². The zero-order valence-corrected chi connectivity index (χ0v) is 27.6. The van der Waals surface area contributed by atoms with Gasteiger partial charge in [-0.1, -0.05) is 32.9 Å². The fraction of sp³-hybridized carbons (Fsp3) is 0.469. The van der Waals surface area contributed by atoms with Gasteiger partial charge in [0.1, 0.15) is 24.2 Å². The molecule has 1 unspecified atom stereocenters. The summed E-state index contributed by atoms with van der Waals surface area (Å²) in [4.78, 5) is 32.1. The van der Waals surface area contributed by atoms with Crippen LogP contribution in [-0.4, -0.2) is 83.8 Å². The molecule has 3 heterocycles. The first kappa shape index (κ1) is 35.8. The summed E-state index contributed by atoms with van der Waals surface area (Å²) in [5.41, 5.74) is 4.54. The van der Waals surface area contributed by atoms with Crippen molar-refractivity contribution in [2.45, 2.75) is 61.5 Å². The second-order valence-electron chi connectivity index (χ2n) is 11.8.